The summed E-state index contributed by atoms with van der Waals surface area (Å²) in [5, 5.41) is 0. The molecule has 0 saturated heterocycles. The number of carbonyl (C=O) groups is 1. The lowest BCUT2D eigenvalue weighted by atomic mass is 10.3. The third-order valence-corrected chi connectivity index (χ3v) is 2.35. The largest absolute Gasteiger partial charge is 0.458 e. The average Bonchev–Trinajstić information content (AvgIpc) is 2.87. The minimum atomic E-state index is -0.161. The molecular formula is C12H14N2O2. The van der Waals surface area contributed by atoms with Crippen LogP contribution in [0.25, 0.3) is 0 Å². The fraction of sp³-hybridized carbons (Fsp3) is 0.333. The van der Waals surface area contributed by atoms with Gasteiger partial charge in [-0.1, -0.05) is 6.92 Å². The van der Waals surface area contributed by atoms with Crippen LogP contribution in [0.4, 0.5) is 0 Å². The lowest BCUT2D eigenvalue weighted by Gasteiger charge is -2.03. The first kappa shape index (κ1) is 10.7. The summed E-state index contributed by atoms with van der Waals surface area (Å²) < 4.78 is 7.15. The maximum absolute atomic E-state index is 12.0. The monoisotopic (exact) mass is 218 g/mol. The van der Waals surface area contributed by atoms with Crippen molar-refractivity contribution in [1.82, 2.24) is 9.55 Å². The van der Waals surface area contributed by atoms with Gasteiger partial charge < -0.3 is 8.98 Å². The summed E-state index contributed by atoms with van der Waals surface area (Å²) in [6.07, 6.45) is 4.42. The summed E-state index contributed by atoms with van der Waals surface area (Å²) in [4.78, 5) is 16.1. The number of furan rings is 1. The Kier molecular flexibility index (Phi) is 2.90. The van der Waals surface area contributed by atoms with Gasteiger partial charge in [0.05, 0.1) is 0 Å². The zero-order valence-electron chi connectivity index (χ0n) is 9.43. The van der Waals surface area contributed by atoms with Gasteiger partial charge in [-0.3, -0.25) is 4.79 Å². The van der Waals surface area contributed by atoms with Crippen molar-refractivity contribution in [2.75, 3.05) is 0 Å². The SMILES string of the molecule is CCCn1ccnc1C(=O)c1ccc(C)o1. The van der Waals surface area contributed by atoms with E-state index in [-0.39, 0.29) is 5.78 Å². The minimum Gasteiger partial charge on any atom is -0.458 e. The molecule has 0 N–H and O–H groups in total. The number of hydrogen-bond acceptors (Lipinski definition) is 3. The Morgan fingerprint density at radius 3 is 2.94 bits per heavy atom. The third-order valence-electron chi connectivity index (χ3n) is 2.35. The van der Waals surface area contributed by atoms with Gasteiger partial charge in [-0.05, 0) is 25.5 Å². The van der Waals surface area contributed by atoms with Crippen LogP contribution in [0, 0.1) is 6.92 Å². The second-order valence-corrected chi connectivity index (χ2v) is 3.68. The van der Waals surface area contributed by atoms with Gasteiger partial charge in [0.25, 0.3) is 5.78 Å². The standard InChI is InChI=1S/C12H14N2O2/c1-3-7-14-8-6-13-12(14)11(15)10-5-4-9(2)16-10/h4-6,8H,3,7H2,1-2H3. The molecule has 0 atom stereocenters. The molecule has 16 heavy (non-hydrogen) atoms. The molecular weight excluding hydrogens is 204 g/mol. The highest BCUT2D eigenvalue weighted by Crippen LogP contribution is 2.12. The molecule has 0 bridgehead atoms. The number of ketones is 1. The van der Waals surface area contributed by atoms with E-state index in [2.05, 4.69) is 11.9 Å². The van der Waals surface area contributed by atoms with E-state index in [0.717, 1.165) is 18.7 Å². The first-order valence-corrected chi connectivity index (χ1v) is 5.34. The van der Waals surface area contributed by atoms with Gasteiger partial charge in [0.15, 0.2) is 11.6 Å². The molecule has 0 amide bonds. The van der Waals surface area contributed by atoms with Crippen molar-refractivity contribution < 1.29 is 9.21 Å². The van der Waals surface area contributed by atoms with Gasteiger partial charge in [0.2, 0.25) is 0 Å². The van der Waals surface area contributed by atoms with Crippen molar-refractivity contribution in [2.45, 2.75) is 26.8 Å². The Balaban J connectivity index is 2.30. The predicted molar refractivity (Wildman–Crippen MR) is 59.4 cm³/mol. The number of hydrogen-bond donors (Lipinski definition) is 0. The maximum Gasteiger partial charge on any atom is 0.263 e. The Bertz CT molecular complexity index is 497. The molecule has 0 aliphatic heterocycles. The lowest BCUT2D eigenvalue weighted by Crippen LogP contribution is -2.10. The van der Waals surface area contributed by atoms with E-state index >= 15 is 0 Å². The average molecular weight is 218 g/mol. The van der Waals surface area contributed by atoms with Crippen LogP contribution in [0.3, 0.4) is 0 Å². The van der Waals surface area contributed by atoms with Crippen molar-refractivity contribution in [3.63, 3.8) is 0 Å². The van der Waals surface area contributed by atoms with Gasteiger partial charge >= 0.3 is 0 Å². The maximum atomic E-state index is 12.0. The molecule has 4 heteroatoms. The summed E-state index contributed by atoms with van der Waals surface area (Å²) >= 11 is 0. The molecule has 2 rings (SSSR count). The topological polar surface area (TPSA) is 48.0 Å². The van der Waals surface area contributed by atoms with Gasteiger partial charge in [-0.25, -0.2) is 4.98 Å². The van der Waals surface area contributed by atoms with E-state index in [1.807, 2.05) is 17.7 Å². The van der Waals surface area contributed by atoms with Crippen molar-refractivity contribution in [1.29, 1.82) is 0 Å². The summed E-state index contributed by atoms with van der Waals surface area (Å²) in [7, 11) is 0. The van der Waals surface area contributed by atoms with E-state index < -0.39 is 0 Å². The molecule has 2 aromatic rings. The first-order valence-electron chi connectivity index (χ1n) is 5.34. The summed E-state index contributed by atoms with van der Waals surface area (Å²) in [5.74, 6) is 1.36. The van der Waals surface area contributed by atoms with E-state index in [4.69, 9.17) is 4.42 Å². The highest BCUT2D eigenvalue weighted by molar-refractivity contribution is 6.04. The van der Waals surface area contributed by atoms with Crippen LogP contribution in [0.1, 0.15) is 35.5 Å². The van der Waals surface area contributed by atoms with Gasteiger partial charge in [0, 0.05) is 18.9 Å². The van der Waals surface area contributed by atoms with Crippen molar-refractivity contribution in [3.05, 3.63) is 41.9 Å². The predicted octanol–water partition coefficient (Wildman–Crippen LogP) is 2.43. The van der Waals surface area contributed by atoms with Gasteiger partial charge in [-0.2, -0.15) is 0 Å². The molecule has 84 valence electrons. The Hall–Kier alpha value is -1.84. The Morgan fingerprint density at radius 2 is 2.31 bits per heavy atom. The molecule has 0 aromatic carbocycles. The molecule has 0 aliphatic carbocycles. The quantitative estimate of drug-likeness (QED) is 0.740. The highest BCUT2D eigenvalue weighted by Gasteiger charge is 2.17. The van der Waals surface area contributed by atoms with Crippen LogP contribution >= 0.6 is 0 Å². The van der Waals surface area contributed by atoms with E-state index in [1.165, 1.54) is 0 Å². The van der Waals surface area contributed by atoms with Crippen LogP contribution in [-0.2, 0) is 6.54 Å². The first-order chi connectivity index (χ1) is 7.72. The molecule has 2 heterocycles. The molecule has 0 radical (unpaired) electrons. The van der Waals surface area contributed by atoms with E-state index in [0.29, 0.717) is 11.6 Å². The normalized spacial score (nSPS) is 10.6. The summed E-state index contributed by atoms with van der Waals surface area (Å²) in [6.45, 7) is 4.67. The number of carbonyl (C=O) groups excluding carboxylic acids is 1. The second-order valence-electron chi connectivity index (χ2n) is 3.68. The highest BCUT2D eigenvalue weighted by atomic mass is 16.3. The fourth-order valence-corrected chi connectivity index (χ4v) is 1.61. The van der Waals surface area contributed by atoms with Crippen LogP contribution in [0.2, 0.25) is 0 Å². The zero-order chi connectivity index (χ0) is 11.5. The van der Waals surface area contributed by atoms with Gasteiger partial charge in [0.1, 0.15) is 5.76 Å². The molecule has 0 saturated carbocycles. The number of aryl methyl sites for hydroxylation is 2. The number of rotatable bonds is 4. The van der Waals surface area contributed by atoms with Crippen molar-refractivity contribution >= 4 is 5.78 Å². The molecule has 0 spiro atoms. The van der Waals surface area contributed by atoms with Crippen LogP contribution in [0.5, 0.6) is 0 Å². The molecule has 0 aliphatic rings. The van der Waals surface area contributed by atoms with Crippen LogP contribution < -0.4 is 0 Å². The Labute approximate surface area is 93.9 Å². The lowest BCUT2D eigenvalue weighted by molar-refractivity contribution is 0.0994. The third kappa shape index (κ3) is 1.91. The second kappa shape index (κ2) is 4.35. The van der Waals surface area contributed by atoms with Crippen molar-refractivity contribution in [3.8, 4) is 0 Å². The molecule has 2 aromatic heterocycles. The molecule has 0 unspecified atom stereocenters. The van der Waals surface area contributed by atoms with Crippen LogP contribution in [-0.4, -0.2) is 15.3 Å². The van der Waals surface area contributed by atoms with E-state index in [9.17, 15) is 4.79 Å². The van der Waals surface area contributed by atoms with Gasteiger partial charge in [-0.15, -0.1) is 0 Å². The summed E-state index contributed by atoms with van der Waals surface area (Å²) in [6, 6.07) is 3.46. The number of aromatic nitrogens is 2. The summed E-state index contributed by atoms with van der Waals surface area (Å²) in [5.41, 5.74) is 0. The zero-order valence-corrected chi connectivity index (χ0v) is 9.43. The number of nitrogens with zero attached hydrogens (tertiary/aromatic N) is 2. The smallest absolute Gasteiger partial charge is 0.263 e. The fourth-order valence-electron chi connectivity index (χ4n) is 1.61. The van der Waals surface area contributed by atoms with Crippen LogP contribution in [0.15, 0.2) is 28.9 Å². The number of imidazole rings is 1. The Morgan fingerprint density at radius 1 is 1.50 bits per heavy atom. The van der Waals surface area contributed by atoms with E-state index in [1.54, 1.807) is 18.3 Å². The van der Waals surface area contributed by atoms with Crippen molar-refractivity contribution in [2.24, 2.45) is 0 Å². The molecule has 0 fully saturated rings. The molecule has 4 nitrogen and oxygen atoms in total. The minimum absolute atomic E-state index is 0.161.